The number of piperidine rings is 1. The molecule has 20 heavy (non-hydrogen) atoms. The van der Waals surface area contributed by atoms with Crippen LogP contribution in [0.15, 0.2) is 17.2 Å². The van der Waals surface area contributed by atoms with E-state index in [4.69, 9.17) is 5.73 Å². The van der Waals surface area contributed by atoms with Crippen LogP contribution in [-0.2, 0) is 23.1 Å². The van der Waals surface area contributed by atoms with Gasteiger partial charge in [0.15, 0.2) is 0 Å². The molecule has 0 radical (unpaired) electrons. The molecular formula is C14H25N3O2S. The Balaban J connectivity index is 2.37. The third-order valence-electron chi connectivity index (χ3n) is 4.43. The van der Waals surface area contributed by atoms with Gasteiger partial charge < -0.3 is 10.3 Å². The summed E-state index contributed by atoms with van der Waals surface area (Å²) in [7, 11) is -3.41. The van der Waals surface area contributed by atoms with Crippen LogP contribution >= 0.6 is 0 Å². The Morgan fingerprint density at radius 3 is 2.65 bits per heavy atom. The highest BCUT2D eigenvalue weighted by Gasteiger charge is 2.35. The van der Waals surface area contributed by atoms with E-state index in [1.54, 1.807) is 16.6 Å². The van der Waals surface area contributed by atoms with Crippen LogP contribution in [-0.4, -0.2) is 29.9 Å². The van der Waals surface area contributed by atoms with Crippen molar-refractivity contribution in [1.29, 1.82) is 0 Å². The van der Waals surface area contributed by atoms with E-state index in [-0.39, 0.29) is 6.04 Å². The first-order chi connectivity index (χ1) is 9.41. The summed E-state index contributed by atoms with van der Waals surface area (Å²) >= 11 is 0. The highest BCUT2D eigenvalue weighted by molar-refractivity contribution is 7.89. The molecule has 1 aromatic heterocycles. The molecule has 0 aromatic carbocycles. The summed E-state index contributed by atoms with van der Waals surface area (Å²) < 4.78 is 29.2. The van der Waals surface area contributed by atoms with Gasteiger partial charge >= 0.3 is 0 Å². The van der Waals surface area contributed by atoms with Crippen molar-refractivity contribution < 1.29 is 8.42 Å². The maximum Gasteiger partial charge on any atom is 0.244 e. The van der Waals surface area contributed by atoms with Crippen molar-refractivity contribution in [3.05, 3.63) is 18.0 Å². The molecule has 5 nitrogen and oxygen atoms in total. The number of hydrogen-bond donors (Lipinski definition) is 1. The number of nitrogens with two attached hydrogens (primary N) is 1. The van der Waals surface area contributed by atoms with Crippen molar-refractivity contribution in [2.24, 2.45) is 11.7 Å². The molecule has 1 aromatic rings. The molecule has 6 heteroatoms. The zero-order valence-electron chi connectivity index (χ0n) is 12.5. The lowest BCUT2D eigenvalue weighted by Crippen LogP contribution is -2.45. The van der Waals surface area contributed by atoms with Crippen molar-refractivity contribution >= 4 is 10.0 Å². The number of aromatic nitrogens is 1. The monoisotopic (exact) mass is 299 g/mol. The molecule has 2 N–H and O–H groups in total. The number of rotatable bonds is 4. The average molecular weight is 299 g/mol. The second kappa shape index (κ2) is 5.87. The van der Waals surface area contributed by atoms with Crippen molar-refractivity contribution in [3.63, 3.8) is 0 Å². The van der Waals surface area contributed by atoms with Gasteiger partial charge in [-0.2, -0.15) is 4.31 Å². The van der Waals surface area contributed by atoms with Crippen LogP contribution in [0, 0.1) is 5.92 Å². The lowest BCUT2D eigenvalue weighted by Gasteiger charge is -2.36. The number of hydrogen-bond acceptors (Lipinski definition) is 3. The van der Waals surface area contributed by atoms with Crippen molar-refractivity contribution in [1.82, 2.24) is 8.87 Å². The molecule has 1 aliphatic rings. The van der Waals surface area contributed by atoms with Crippen LogP contribution < -0.4 is 5.73 Å². The first kappa shape index (κ1) is 15.5. The Kier molecular flexibility index (Phi) is 4.56. The van der Waals surface area contributed by atoms with Crippen LogP contribution in [0.1, 0.15) is 39.3 Å². The van der Waals surface area contributed by atoms with Gasteiger partial charge in [0.2, 0.25) is 10.0 Å². The summed E-state index contributed by atoms with van der Waals surface area (Å²) in [5.74, 6) is 0.403. The van der Waals surface area contributed by atoms with Crippen LogP contribution in [0.25, 0.3) is 0 Å². The minimum absolute atomic E-state index is 0.0556. The Morgan fingerprint density at radius 2 is 2.10 bits per heavy atom. The van der Waals surface area contributed by atoms with E-state index in [0.29, 0.717) is 23.9 Å². The predicted octanol–water partition coefficient (Wildman–Crippen LogP) is 1.78. The smallest absolute Gasteiger partial charge is 0.244 e. The van der Waals surface area contributed by atoms with Crippen LogP contribution in [0.4, 0.5) is 0 Å². The van der Waals surface area contributed by atoms with Crippen LogP contribution in [0.5, 0.6) is 0 Å². The Bertz CT molecular complexity index is 543. The molecule has 2 heterocycles. The zero-order chi connectivity index (χ0) is 14.9. The van der Waals surface area contributed by atoms with E-state index < -0.39 is 10.0 Å². The van der Waals surface area contributed by atoms with Crippen molar-refractivity contribution in [3.8, 4) is 0 Å². The Hall–Kier alpha value is -0.850. The van der Waals surface area contributed by atoms with E-state index in [9.17, 15) is 8.42 Å². The SMILES string of the molecule is CCn1cc(S(=O)(=O)N2CCCC(C)C2C)cc1CN. The van der Waals surface area contributed by atoms with Gasteiger partial charge in [0, 0.05) is 37.6 Å². The predicted molar refractivity (Wildman–Crippen MR) is 79.7 cm³/mol. The maximum atomic E-state index is 12.8. The average Bonchev–Trinajstić information content (AvgIpc) is 2.85. The third kappa shape index (κ3) is 2.64. The zero-order valence-corrected chi connectivity index (χ0v) is 13.4. The number of nitrogens with zero attached hydrogens (tertiary/aromatic N) is 2. The van der Waals surface area contributed by atoms with Gasteiger partial charge in [-0.05, 0) is 38.7 Å². The quantitative estimate of drug-likeness (QED) is 0.921. The van der Waals surface area contributed by atoms with Gasteiger partial charge in [0.25, 0.3) is 0 Å². The summed E-state index contributed by atoms with van der Waals surface area (Å²) in [5, 5.41) is 0. The largest absolute Gasteiger partial charge is 0.349 e. The molecule has 0 spiro atoms. The minimum Gasteiger partial charge on any atom is -0.349 e. The molecule has 2 rings (SSSR count). The lowest BCUT2D eigenvalue weighted by atomic mass is 9.94. The van der Waals surface area contributed by atoms with Gasteiger partial charge in [-0.15, -0.1) is 0 Å². The van der Waals surface area contributed by atoms with E-state index in [2.05, 4.69) is 6.92 Å². The van der Waals surface area contributed by atoms with Gasteiger partial charge in [-0.25, -0.2) is 8.42 Å². The van der Waals surface area contributed by atoms with Gasteiger partial charge in [-0.1, -0.05) is 6.92 Å². The van der Waals surface area contributed by atoms with Crippen molar-refractivity contribution in [2.45, 2.75) is 57.6 Å². The molecule has 114 valence electrons. The maximum absolute atomic E-state index is 12.8. The second-order valence-electron chi connectivity index (χ2n) is 5.63. The summed E-state index contributed by atoms with van der Waals surface area (Å²) in [5.41, 5.74) is 6.55. The second-order valence-corrected chi connectivity index (χ2v) is 7.52. The topological polar surface area (TPSA) is 68.3 Å². The molecule has 0 bridgehead atoms. The molecule has 0 amide bonds. The van der Waals surface area contributed by atoms with E-state index >= 15 is 0 Å². The third-order valence-corrected chi connectivity index (χ3v) is 6.38. The molecule has 2 unspecified atom stereocenters. The highest BCUT2D eigenvalue weighted by Crippen LogP contribution is 2.29. The summed E-state index contributed by atoms with van der Waals surface area (Å²) in [6.45, 7) is 7.81. The van der Waals surface area contributed by atoms with Gasteiger partial charge in [-0.3, -0.25) is 0 Å². The van der Waals surface area contributed by atoms with Crippen LogP contribution in [0.3, 0.4) is 0 Å². The molecule has 1 saturated heterocycles. The molecule has 1 fully saturated rings. The first-order valence-corrected chi connectivity index (χ1v) is 8.76. The molecule has 0 saturated carbocycles. The lowest BCUT2D eigenvalue weighted by molar-refractivity contribution is 0.202. The fourth-order valence-electron chi connectivity index (χ4n) is 2.90. The minimum atomic E-state index is -3.41. The number of aryl methyl sites for hydroxylation is 1. The highest BCUT2D eigenvalue weighted by atomic mass is 32.2. The molecule has 0 aliphatic carbocycles. The Morgan fingerprint density at radius 1 is 1.40 bits per heavy atom. The normalized spacial score (nSPS) is 25.0. The molecular weight excluding hydrogens is 274 g/mol. The van der Waals surface area contributed by atoms with Gasteiger partial charge in [0.05, 0.1) is 0 Å². The molecule has 1 aliphatic heterocycles. The van der Waals surface area contributed by atoms with E-state index in [0.717, 1.165) is 25.1 Å². The van der Waals surface area contributed by atoms with Crippen molar-refractivity contribution in [2.75, 3.05) is 6.54 Å². The standard InChI is InChI=1S/C14H25N3O2S/c1-4-16-10-14(8-13(16)9-15)20(18,19)17-7-5-6-11(2)12(17)3/h8,10-12H,4-7,9,15H2,1-3H3. The summed E-state index contributed by atoms with van der Waals surface area (Å²) in [6, 6.07) is 1.77. The van der Waals surface area contributed by atoms with Crippen LogP contribution in [0.2, 0.25) is 0 Å². The summed E-state index contributed by atoms with van der Waals surface area (Å²) in [6.07, 6.45) is 3.74. The van der Waals surface area contributed by atoms with E-state index in [1.165, 1.54) is 0 Å². The van der Waals surface area contributed by atoms with Gasteiger partial charge in [0.1, 0.15) is 4.90 Å². The fourth-order valence-corrected chi connectivity index (χ4v) is 4.74. The molecule has 2 atom stereocenters. The Labute approximate surface area is 121 Å². The first-order valence-electron chi connectivity index (χ1n) is 7.32. The fraction of sp³-hybridized carbons (Fsp3) is 0.714. The number of sulfonamides is 1. The summed E-state index contributed by atoms with van der Waals surface area (Å²) in [4.78, 5) is 0.376. The van der Waals surface area contributed by atoms with E-state index in [1.807, 2.05) is 18.4 Å².